The van der Waals surface area contributed by atoms with Crippen molar-refractivity contribution in [1.29, 1.82) is 0 Å². The summed E-state index contributed by atoms with van der Waals surface area (Å²) in [6.07, 6.45) is 3.32. The van der Waals surface area contributed by atoms with E-state index in [0.717, 1.165) is 25.9 Å². The molecule has 0 aromatic carbocycles. The summed E-state index contributed by atoms with van der Waals surface area (Å²) < 4.78 is 10.2. The van der Waals surface area contributed by atoms with Crippen molar-refractivity contribution in [3.63, 3.8) is 0 Å². The van der Waals surface area contributed by atoms with Gasteiger partial charge in [-0.05, 0) is 26.2 Å². The van der Waals surface area contributed by atoms with Gasteiger partial charge in [0.05, 0.1) is 13.2 Å². The molecule has 2 unspecified atom stereocenters. The molecule has 1 aliphatic rings. The van der Waals surface area contributed by atoms with Crippen LogP contribution in [0.3, 0.4) is 0 Å². The maximum atomic E-state index is 11.2. The van der Waals surface area contributed by atoms with Crippen LogP contribution in [0.4, 0.5) is 0 Å². The van der Waals surface area contributed by atoms with Gasteiger partial charge in [-0.2, -0.15) is 0 Å². The van der Waals surface area contributed by atoms with E-state index in [1.807, 2.05) is 6.92 Å². The minimum atomic E-state index is -0.226. The molecule has 0 radical (unpaired) electrons. The number of hydrogen-bond donors (Lipinski definition) is 1. The van der Waals surface area contributed by atoms with Crippen LogP contribution < -0.4 is 5.32 Å². The maximum Gasteiger partial charge on any atom is 0.322 e. The van der Waals surface area contributed by atoms with E-state index in [0.29, 0.717) is 12.1 Å². The summed E-state index contributed by atoms with van der Waals surface area (Å²) in [7, 11) is 1.42. The first-order valence-electron chi connectivity index (χ1n) is 5.62. The van der Waals surface area contributed by atoms with Gasteiger partial charge in [0, 0.05) is 12.6 Å². The average Bonchev–Trinajstić information content (AvgIpc) is 2.28. The van der Waals surface area contributed by atoms with Gasteiger partial charge in [-0.3, -0.25) is 4.79 Å². The second kappa shape index (κ2) is 6.08. The maximum absolute atomic E-state index is 11.2. The van der Waals surface area contributed by atoms with Gasteiger partial charge in [0.2, 0.25) is 0 Å². The highest BCUT2D eigenvalue weighted by atomic mass is 16.5. The summed E-state index contributed by atoms with van der Waals surface area (Å²) in [6.45, 7) is 4.74. The second-order valence-electron chi connectivity index (χ2n) is 4.03. The minimum absolute atomic E-state index is 0.199. The Balaban J connectivity index is 2.34. The van der Waals surface area contributed by atoms with Crippen LogP contribution in [-0.4, -0.2) is 37.9 Å². The van der Waals surface area contributed by atoms with Crippen molar-refractivity contribution in [3.8, 4) is 0 Å². The number of ether oxygens (including phenoxy) is 2. The number of esters is 1. The first-order chi connectivity index (χ1) is 7.17. The van der Waals surface area contributed by atoms with E-state index in [9.17, 15) is 4.79 Å². The Hall–Kier alpha value is -0.610. The van der Waals surface area contributed by atoms with Crippen molar-refractivity contribution in [1.82, 2.24) is 5.32 Å². The monoisotopic (exact) mass is 215 g/mol. The number of rotatable bonds is 4. The molecule has 1 fully saturated rings. The van der Waals surface area contributed by atoms with Crippen LogP contribution >= 0.6 is 0 Å². The van der Waals surface area contributed by atoms with Crippen molar-refractivity contribution in [2.24, 2.45) is 0 Å². The molecule has 88 valence electrons. The number of carbonyl (C=O) groups is 1. The number of hydrogen-bond acceptors (Lipinski definition) is 4. The molecule has 0 bridgehead atoms. The molecule has 4 heteroatoms. The van der Waals surface area contributed by atoms with Gasteiger partial charge < -0.3 is 14.8 Å². The Morgan fingerprint density at radius 2 is 2.40 bits per heavy atom. The minimum Gasteiger partial charge on any atom is -0.468 e. The summed E-state index contributed by atoms with van der Waals surface area (Å²) in [5.41, 5.74) is 0. The van der Waals surface area contributed by atoms with E-state index in [1.54, 1.807) is 0 Å². The van der Waals surface area contributed by atoms with Gasteiger partial charge in [-0.15, -0.1) is 0 Å². The standard InChI is InChI=1S/C11H21NO3/c1-4-10-7-9(5-6-15-10)12-8(2)11(13)14-3/h8-10,12H,4-7H2,1-3H3/t8-,9?,10?/m0/s1. The van der Waals surface area contributed by atoms with E-state index < -0.39 is 0 Å². The lowest BCUT2D eigenvalue weighted by atomic mass is 10.0. The molecule has 1 N–H and O–H groups in total. The van der Waals surface area contributed by atoms with Gasteiger partial charge in [-0.1, -0.05) is 6.92 Å². The largest absolute Gasteiger partial charge is 0.468 e. The van der Waals surface area contributed by atoms with Gasteiger partial charge in [0.15, 0.2) is 0 Å². The van der Waals surface area contributed by atoms with E-state index in [4.69, 9.17) is 4.74 Å². The van der Waals surface area contributed by atoms with Crippen LogP contribution in [0.2, 0.25) is 0 Å². The summed E-state index contributed by atoms with van der Waals surface area (Å²) in [5, 5.41) is 3.28. The molecule has 3 atom stereocenters. The molecule has 0 aromatic heterocycles. The Morgan fingerprint density at radius 3 is 3.00 bits per heavy atom. The van der Waals surface area contributed by atoms with Crippen molar-refractivity contribution in [2.75, 3.05) is 13.7 Å². The molecular formula is C11H21NO3. The molecule has 0 saturated carbocycles. The molecule has 4 nitrogen and oxygen atoms in total. The number of nitrogens with one attached hydrogen (secondary N) is 1. The zero-order valence-electron chi connectivity index (χ0n) is 9.79. The van der Waals surface area contributed by atoms with E-state index >= 15 is 0 Å². The molecular weight excluding hydrogens is 194 g/mol. The predicted molar refractivity (Wildman–Crippen MR) is 57.7 cm³/mol. The zero-order valence-corrected chi connectivity index (χ0v) is 9.79. The summed E-state index contributed by atoms with van der Waals surface area (Å²) in [4.78, 5) is 11.2. The molecule has 15 heavy (non-hydrogen) atoms. The SMILES string of the molecule is CCC1CC(N[C@@H](C)C(=O)OC)CCO1. The highest BCUT2D eigenvalue weighted by molar-refractivity contribution is 5.75. The van der Waals surface area contributed by atoms with Gasteiger partial charge in [-0.25, -0.2) is 0 Å². The fourth-order valence-electron chi connectivity index (χ4n) is 1.91. The third-order valence-corrected chi connectivity index (χ3v) is 2.86. The molecule has 0 aromatic rings. The smallest absolute Gasteiger partial charge is 0.322 e. The van der Waals surface area contributed by atoms with Gasteiger partial charge in [0.25, 0.3) is 0 Å². The summed E-state index contributed by atoms with van der Waals surface area (Å²) >= 11 is 0. The third kappa shape index (κ3) is 3.80. The molecule has 1 aliphatic heterocycles. The number of carbonyl (C=O) groups excluding carboxylic acids is 1. The highest BCUT2D eigenvalue weighted by Gasteiger charge is 2.24. The van der Waals surface area contributed by atoms with Crippen LogP contribution in [0.25, 0.3) is 0 Å². The first-order valence-corrected chi connectivity index (χ1v) is 5.62. The lowest BCUT2D eigenvalue weighted by molar-refractivity contribution is -0.143. The fourth-order valence-corrected chi connectivity index (χ4v) is 1.91. The molecule has 1 heterocycles. The summed E-state index contributed by atoms with van der Waals surface area (Å²) in [6, 6.07) is 0.147. The van der Waals surface area contributed by atoms with Crippen LogP contribution in [0.5, 0.6) is 0 Å². The Morgan fingerprint density at radius 1 is 1.67 bits per heavy atom. The molecule has 0 spiro atoms. The molecule has 1 rings (SSSR count). The highest BCUT2D eigenvalue weighted by Crippen LogP contribution is 2.16. The van der Waals surface area contributed by atoms with Crippen molar-refractivity contribution in [3.05, 3.63) is 0 Å². The third-order valence-electron chi connectivity index (χ3n) is 2.86. The van der Waals surface area contributed by atoms with Crippen LogP contribution in [-0.2, 0) is 14.3 Å². The summed E-state index contributed by atoms with van der Waals surface area (Å²) in [5.74, 6) is -0.199. The molecule has 0 aliphatic carbocycles. The Bertz CT molecular complexity index is 208. The second-order valence-corrected chi connectivity index (χ2v) is 4.03. The predicted octanol–water partition coefficient (Wildman–Crippen LogP) is 1.10. The van der Waals surface area contributed by atoms with E-state index in [1.165, 1.54) is 7.11 Å². The average molecular weight is 215 g/mol. The van der Waals surface area contributed by atoms with Crippen molar-refractivity contribution in [2.45, 2.75) is 51.3 Å². The van der Waals surface area contributed by atoms with Crippen molar-refractivity contribution < 1.29 is 14.3 Å². The molecule has 0 amide bonds. The quantitative estimate of drug-likeness (QED) is 0.713. The Kier molecular flexibility index (Phi) is 5.05. The van der Waals surface area contributed by atoms with Crippen molar-refractivity contribution >= 4 is 5.97 Å². The van der Waals surface area contributed by atoms with E-state index in [-0.39, 0.29) is 12.0 Å². The van der Waals surface area contributed by atoms with Crippen LogP contribution in [0.1, 0.15) is 33.1 Å². The lowest BCUT2D eigenvalue weighted by Crippen LogP contribution is -2.46. The first kappa shape index (κ1) is 12.5. The lowest BCUT2D eigenvalue weighted by Gasteiger charge is -2.31. The Labute approximate surface area is 91.3 Å². The van der Waals surface area contributed by atoms with E-state index in [2.05, 4.69) is 17.0 Å². The van der Waals surface area contributed by atoms with Gasteiger partial charge >= 0.3 is 5.97 Å². The molecule has 1 saturated heterocycles. The number of methoxy groups -OCH3 is 1. The normalized spacial score (nSPS) is 28.5. The van der Waals surface area contributed by atoms with Crippen LogP contribution in [0, 0.1) is 0 Å². The zero-order chi connectivity index (χ0) is 11.3. The topological polar surface area (TPSA) is 47.6 Å². The fraction of sp³-hybridized carbons (Fsp3) is 0.909. The van der Waals surface area contributed by atoms with Crippen LogP contribution in [0.15, 0.2) is 0 Å². The van der Waals surface area contributed by atoms with Gasteiger partial charge in [0.1, 0.15) is 6.04 Å².